The van der Waals surface area contributed by atoms with E-state index >= 15 is 0 Å². The SMILES string of the molecule is CC(=Cc1csc(-c2ccc(F)cc2)n1)CNC(C)(C)C. The molecule has 0 spiro atoms. The Hall–Kier alpha value is -1.52. The molecule has 0 bridgehead atoms. The van der Waals surface area contributed by atoms with Crippen LogP contribution in [0.5, 0.6) is 0 Å². The van der Waals surface area contributed by atoms with Gasteiger partial charge in [0, 0.05) is 23.0 Å². The second-order valence-corrected chi connectivity index (χ2v) is 7.04. The van der Waals surface area contributed by atoms with Crippen LogP contribution in [0.2, 0.25) is 0 Å². The number of aromatic nitrogens is 1. The van der Waals surface area contributed by atoms with Gasteiger partial charge in [-0.2, -0.15) is 0 Å². The van der Waals surface area contributed by atoms with Gasteiger partial charge in [-0.1, -0.05) is 5.57 Å². The Balaban J connectivity index is 2.07. The summed E-state index contributed by atoms with van der Waals surface area (Å²) in [5, 5.41) is 6.39. The van der Waals surface area contributed by atoms with E-state index in [1.165, 1.54) is 17.7 Å². The molecule has 0 unspecified atom stereocenters. The van der Waals surface area contributed by atoms with E-state index < -0.39 is 0 Å². The van der Waals surface area contributed by atoms with Crippen molar-refractivity contribution in [2.75, 3.05) is 6.54 Å². The molecule has 21 heavy (non-hydrogen) atoms. The number of benzene rings is 1. The Kier molecular flexibility index (Phi) is 4.91. The molecule has 112 valence electrons. The number of nitrogens with one attached hydrogen (secondary N) is 1. The van der Waals surface area contributed by atoms with Crippen molar-refractivity contribution in [1.29, 1.82) is 0 Å². The van der Waals surface area contributed by atoms with Gasteiger partial charge in [-0.3, -0.25) is 0 Å². The Morgan fingerprint density at radius 1 is 1.29 bits per heavy atom. The molecule has 1 N–H and O–H groups in total. The minimum absolute atomic E-state index is 0.108. The first kappa shape index (κ1) is 15.9. The van der Waals surface area contributed by atoms with Gasteiger partial charge in [-0.15, -0.1) is 11.3 Å². The quantitative estimate of drug-likeness (QED) is 0.882. The Labute approximate surface area is 129 Å². The molecule has 0 radical (unpaired) electrons. The lowest BCUT2D eigenvalue weighted by atomic mass is 10.1. The first-order valence-corrected chi connectivity index (χ1v) is 7.85. The molecule has 2 aromatic rings. The average Bonchev–Trinajstić information content (AvgIpc) is 2.85. The van der Waals surface area contributed by atoms with Gasteiger partial charge >= 0.3 is 0 Å². The lowest BCUT2D eigenvalue weighted by Gasteiger charge is -2.20. The molecular formula is C17H21FN2S. The van der Waals surface area contributed by atoms with Crippen LogP contribution >= 0.6 is 11.3 Å². The van der Waals surface area contributed by atoms with Crippen molar-refractivity contribution < 1.29 is 4.39 Å². The van der Waals surface area contributed by atoms with E-state index in [4.69, 9.17) is 0 Å². The lowest BCUT2D eigenvalue weighted by molar-refractivity contribution is 0.445. The topological polar surface area (TPSA) is 24.9 Å². The highest BCUT2D eigenvalue weighted by atomic mass is 32.1. The van der Waals surface area contributed by atoms with E-state index in [0.29, 0.717) is 0 Å². The second kappa shape index (κ2) is 6.50. The molecule has 0 aliphatic carbocycles. The van der Waals surface area contributed by atoms with Crippen LogP contribution in [-0.4, -0.2) is 17.1 Å². The smallest absolute Gasteiger partial charge is 0.124 e. The summed E-state index contributed by atoms with van der Waals surface area (Å²) in [4.78, 5) is 4.59. The van der Waals surface area contributed by atoms with E-state index in [1.54, 1.807) is 23.5 Å². The van der Waals surface area contributed by atoms with E-state index in [0.717, 1.165) is 22.8 Å². The molecule has 0 atom stereocenters. The maximum absolute atomic E-state index is 12.9. The fourth-order valence-corrected chi connectivity index (χ4v) is 2.57. The number of halogens is 1. The minimum Gasteiger partial charge on any atom is -0.308 e. The molecule has 0 saturated heterocycles. The van der Waals surface area contributed by atoms with Crippen LogP contribution < -0.4 is 5.32 Å². The molecular weight excluding hydrogens is 283 g/mol. The van der Waals surface area contributed by atoms with Crippen LogP contribution in [0.25, 0.3) is 16.6 Å². The summed E-state index contributed by atoms with van der Waals surface area (Å²) in [5.74, 6) is -0.223. The van der Waals surface area contributed by atoms with Crippen LogP contribution in [0.15, 0.2) is 35.2 Å². The summed E-state index contributed by atoms with van der Waals surface area (Å²) < 4.78 is 12.9. The molecule has 2 nitrogen and oxygen atoms in total. The third-order valence-corrected chi connectivity index (χ3v) is 3.81. The fourth-order valence-electron chi connectivity index (χ4n) is 1.79. The van der Waals surface area contributed by atoms with Gasteiger partial charge < -0.3 is 5.32 Å². The van der Waals surface area contributed by atoms with Gasteiger partial charge in [0.25, 0.3) is 0 Å². The van der Waals surface area contributed by atoms with Crippen LogP contribution in [0, 0.1) is 5.82 Å². The summed E-state index contributed by atoms with van der Waals surface area (Å²) in [6.07, 6.45) is 2.09. The molecule has 1 aromatic carbocycles. The first-order chi connectivity index (χ1) is 9.83. The number of hydrogen-bond donors (Lipinski definition) is 1. The monoisotopic (exact) mass is 304 g/mol. The number of thiazole rings is 1. The normalized spacial score (nSPS) is 12.7. The van der Waals surface area contributed by atoms with Gasteiger partial charge in [-0.25, -0.2) is 9.37 Å². The van der Waals surface area contributed by atoms with Crippen molar-refractivity contribution in [3.8, 4) is 10.6 Å². The predicted molar refractivity (Wildman–Crippen MR) is 88.9 cm³/mol. The van der Waals surface area contributed by atoms with Crippen molar-refractivity contribution >= 4 is 17.4 Å². The summed E-state index contributed by atoms with van der Waals surface area (Å²) in [7, 11) is 0. The lowest BCUT2D eigenvalue weighted by Crippen LogP contribution is -2.36. The number of rotatable bonds is 4. The predicted octanol–water partition coefficient (Wildman–Crippen LogP) is 4.74. The van der Waals surface area contributed by atoms with Gasteiger partial charge in [0.2, 0.25) is 0 Å². The molecule has 4 heteroatoms. The molecule has 2 rings (SSSR count). The molecule has 0 saturated carbocycles. The molecule has 0 aliphatic heterocycles. The fraction of sp³-hybridized carbons (Fsp3) is 0.353. The molecule has 0 fully saturated rings. The Morgan fingerprint density at radius 2 is 1.95 bits per heavy atom. The van der Waals surface area contributed by atoms with Gasteiger partial charge in [0.15, 0.2) is 0 Å². The molecule has 0 aliphatic rings. The zero-order valence-corrected chi connectivity index (χ0v) is 13.7. The number of nitrogens with zero attached hydrogens (tertiary/aromatic N) is 1. The van der Waals surface area contributed by atoms with E-state index in [1.807, 2.05) is 5.38 Å². The Morgan fingerprint density at radius 3 is 2.57 bits per heavy atom. The van der Waals surface area contributed by atoms with E-state index in [9.17, 15) is 4.39 Å². The van der Waals surface area contributed by atoms with Crippen LogP contribution in [0.4, 0.5) is 4.39 Å². The molecule has 1 aromatic heterocycles. The highest BCUT2D eigenvalue weighted by molar-refractivity contribution is 7.13. The third-order valence-electron chi connectivity index (χ3n) is 2.90. The van der Waals surface area contributed by atoms with E-state index in [-0.39, 0.29) is 11.4 Å². The van der Waals surface area contributed by atoms with Crippen LogP contribution in [-0.2, 0) is 0 Å². The first-order valence-electron chi connectivity index (χ1n) is 6.97. The van der Waals surface area contributed by atoms with E-state index in [2.05, 4.69) is 44.1 Å². The summed E-state index contributed by atoms with van der Waals surface area (Å²) >= 11 is 1.58. The summed E-state index contributed by atoms with van der Waals surface area (Å²) in [6, 6.07) is 6.45. The van der Waals surface area contributed by atoms with Crippen molar-refractivity contribution in [3.63, 3.8) is 0 Å². The standard InChI is InChI=1S/C17H21FN2S/c1-12(10-19-17(2,3)4)9-15-11-21-16(20-15)13-5-7-14(18)8-6-13/h5-9,11,19H,10H2,1-4H3. The van der Waals surface area contributed by atoms with Crippen molar-refractivity contribution in [3.05, 3.63) is 46.7 Å². The second-order valence-electron chi connectivity index (χ2n) is 6.18. The van der Waals surface area contributed by atoms with Crippen molar-refractivity contribution in [1.82, 2.24) is 10.3 Å². The Bertz CT molecular complexity index is 621. The maximum Gasteiger partial charge on any atom is 0.124 e. The molecule has 0 amide bonds. The minimum atomic E-state index is -0.223. The summed E-state index contributed by atoms with van der Waals surface area (Å²) in [5.41, 5.74) is 3.25. The average molecular weight is 304 g/mol. The van der Waals surface area contributed by atoms with Gasteiger partial charge in [0.1, 0.15) is 10.8 Å². The van der Waals surface area contributed by atoms with Crippen molar-refractivity contribution in [2.45, 2.75) is 33.2 Å². The zero-order valence-electron chi connectivity index (χ0n) is 12.9. The van der Waals surface area contributed by atoms with Crippen LogP contribution in [0.3, 0.4) is 0 Å². The van der Waals surface area contributed by atoms with Crippen molar-refractivity contribution in [2.24, 2.45) is 0 Å². The van der Waals surface area contributed by atoms with Gasteiger partial charge in [-0.05, 0) is 58.0 Å². The largest absolute Gasteiger partial charge is 0.308 e. The summed E-state index contributed by atoms with van der Waals surface area (Å²) in [6.45, 7) is 9.38. The van der Waals surface area contributed by atoms with Gasteiger partial charge in [0.05, 0.1) is 5.69 Å². The highest BCUT2D eigenvalue weighted by Gasteiger charge is 2.08. The zero-order chi connectivity index (χ0) is 15.5. The highest BCUT2D eigenvalue weighted by Crippen LogP contribution is 2.24. The molecule has 1 heterocycles. The third kappa shape index (κ3) is 5.06. The van der Waals surface area contributed by atoms with Crippen LogP contribution in [0.1, 0.15) is 33.4 Å². The number of hydrogen-bond acceptors (Lipinski definition) is 3. The maximum atomic E-state index is 12.9.